The molecule has 5 rings (SSSR count). The quantitative estimate of drug-likeness (QED) is 0.326. The summed E-state index contributed by atoms with van der Waals surface area (Å²) < 4.78 is 1.78. The van der Waals surface area contributed by atoms with E-state index in [4.69, 9.17) is 16.6 Å². The highest BCUT2D eigenvalue weighted by Gasteiger charge is 2.30. The molecular weight excluding hydrogens is 458 g/mol. The van der Waals surface area contributed by atoms with Crippen LogP contribution in [-0.4, -0.2) is 26.4 Å². The van der Waals surface area contributed by atoms with Crippen LogP contribution in [0.4, 0.5) is 0 Å². The molecule has 0 saturated carbocycles. The van der Waals surface area contributed by atoms with Crippen LogP contribution in [0.25, 0.3) is 10.9 Å². The van der Waals surface area contributed by atoms with Gasteiger partial charge in [-0.3, -0.25) is 14.2 Å². The molecule has 1 unspecified atom stereocenters. The van der Waals surface area contributed by atoms with Gasteiger partial charge in [-0.1, -0.05) is 72.3 Å². The third-order valence-corrected chi connectivity index (χ3v) is 7.00. The number of halogens is 1. The third-order valence-electron chi connectivity index (χ3n) is 6.77. The number of fused-ring (bicyclic) bond motifs is 1. The van der Waals surface area contributed by atoms with Crippen LogP contribution < -0.4 is 5.56 Å². The molecule has 6 heteroatoms. The van der Waals surface area contributed by atoms with Gasteiger partial charge < -0.3 is 4.90 Å². The zero-order valence-corrected chi connectivity index (χ0v) is 20.3. The van der Waals surface area contributed by atoms with E-state index >= 15 is 0 Å². The van der Waals surface area contributed by atoms with Crippen molar-refractivity contribution < 1.29 is 4.79 Å². The number of carbonyl (C=O) groups excluding carboxylic acids is 1. The zero-order valence-electron chi connectivity index (χ0n) is 19.6. The highest BCUT2D eigenvalue weighted by molar-refractivity contribution is 6.31. The van der Waals surface area contributed by atoms with E-state index in [9.17, 15) is 9.59 Å². The lowest BCUT2D eigenvalue weighted by Crippen LogP contribution is -2.32. The molecule has 35 heavy (non-hydrogen) atoms. The van der Waals surface area contributed by atoms with Gasteiger partial charge in [0.15, 0.2) is 0 Å². The molecule has 1 aromatic heterocycles. The largest absolute Gasteiger partial charge is 0.335 e. The van der Waals surface area contributed by atoms with Gasteiger partial charge in [-0.25, -0.2) is 4.98 Å². The van der Waals surface area contributed by atoms with Gasteiger partial charge in [0.25, 0.3) is 5.56 Å². The fraction of sp³-hybridized carbons (Fsp3) is 0.276. The van der Waals surface area contributed by atoms with Gasteiger partial charge in [-0.05, 0) is 48.6 Å². The number of carbonyl (C=O) groups is 1. The molecule has 178 valence electrons. The number of hydrogen-bond donors (Lipinski definition) is 0. The maximum absolute atomic E-state index is 13.4. The number of amides is 1. The Morgan fingerprint density at radius 1 is 0.886 bits per heavy atom. The number of nitrogens with zero attached hydrogens (tertiary/aromatic N) is 3. The lowest BCUT2D eigenvalue weighted by molar-refractivity contribution is -0.129. The molecule has 0 bridgehead atoms. The Hall–Kier alpha value is -3.44. The fourth-order valence-corrected chi connectivity index (χ4v) is 5.11. The molecule has 0 spiro atoms. The van der Waals surface area contributed by atoms with Crippen molar-refractivity contribution in [3.63, 3.8) is 0 Å². The Labute approximate surface area is 210 Å². The maximum atomic E-state index is 13.4. The van der Waals surface area contributed by atoms with Crippen LogP contribution in [0.5, 0.6) is 0 Å². The van der Waals surface area contributed by atoms with Gasteiger partial charge in [-0.2, -0.15) is 0 Å². The summed E-state index contributed by atoms with van der Waals surface area (Å²) in [6.07, 6.45) is 3.87. The first kappa shape index (κ1) is 23.3. The van der Waals surface area contributed by atoms with E-state index in [1.165, 1.54) is 0 Å². The van der Waals surface area contributed by atoms with Crippen LogP contribution in [0.3, 0.4) is 0 Å². The molecule has 0 N–H and O–H groups in total. The number of likely N-dealkylation sites (tertiary alicyclic amines) is 1. The van der Waals surface area contributed by atoms with Crippen molar-refractivity contribution in [2.75, 3.05) is 0 Å². The van der Waals surface area contributed by atoms with Gasteiger partial charge in [0, 0.05) is 30.5 Å². The Morgan fingerprint density at radius 3 is 2.29 bits per heavy atom. The van der Waals surface area contributed by atoms with Crippen LogP contribution in [0.15, 0.2) is 83.7 Å². The highest BCUT2D eigenvalue weighted by Crippen LogP contribution is 2.26. The summed E-state index contributed by atoms with van der Waals surface area (Å²) >= 11 is 6.19. The van der Waals surface area contributed by atoms with Crippen LogP contribution in [0.2, 0.25) is 5.02 Å². The van der Waals surface area contributed by atoms with Crippen molar-refractivity contribution >= 4 is 28.4 Å². The van der Waals surface area contributed by atoms with Crippen LogP contribution in [0.1, 0.15) is 42.6 Å². The number of rotatable bonds is 8. The first-order chi connectivity index (χ1) is 17.1. The predicted octanol–water partition coefficient (Wildman–Crippen LogP) is 5.61. The summed E-state index contributed by atoms with van der Waals surface area (Å²) in [6, 6.07) is 25.6. The average Bonchev–Trinajstić information content (AvgIpc) is 3.21. The molecule has 1 atom stereocenters. The van der Waals surface area contributed by atoms with Crippen molar-refractivity contribution in [3.8, 4) is 0 Å². The summed E-state index contributed by atoms with van der Waals surface area (Å²) in [5.74, 6) is 0.978. The summed E-state index contributed by atoms with van der Waals surface area (Å²) in [5.41, 5.74) is 2.79. The molecule has 4 aromatic rings. The first-order valence-electron chi connectivity index (χ1n) is 12.1. The second-order valence-corrected chi connectivity index (χ2v) is 9.59. The zero-order chi connectivity index (χ0) is 24.2. The smallest absolute Gasteiger partial charge is 0.261 e. The summed E-state index contributed by atoms with van der Waals surface area (Å²) in [6.45, 7) is 1.12. The predicted molar refractivity (Wildman–Crippen MR) is 140 cm³/mol. The Morgan fingerprint density at radius 2 is 1.57 bits per heavy atom. The maximum Gasteiger partial charge on any atom is 0.261 e. The number of benzene rings is 3. The molecular formula is C29H28ClN3O2. The van der Waals surface area contributed by atoms with Gasteiger partial charge in [0.2, 0.25) is 5.91 Å². The Kier molecular flexibility index (Phi) is 6.96. The van der Waals surface area contributed by atoms with E-state index in [1.807, 2.05) is 53.4 Å². The van der Waals surface area contributed by atoms with Gasteiger partial charge in [-0.15, -0.1) is 0 Å². The monoisotopic (exact) mass is 485 g/mol. The number of aromatic nitrogens is 2. The average molecular weight is 486 g/mol. The Bertz CT molecular complexity index is 1390. The van der Waals surface area contributed by atoms with Crippen LogP contribution in [-0.2, 0) is 24.3 Å². The van der Waals surface area contributed by atoms with E-state index in [1.54, 1.807) is 22.8 Å². The minimum absolute atomic E-state index is 0.0488. The minimum atomic E-state index is -0.0488. The van der Waals surface area contributed by atoms with E-state index < -0.39 is 0 Å². The van der Waals surface area contributed by atoms with Gasteiger partial charge in [0.1, 0.15) is 5.82 Å². The normalized spacial score (nSPS) is 15.7. The standard InChI is InChI=1S/C29H28ClN3O2/c30-23-14-16-25-26(18-23)31-27(33(29(25)35)20-22-10-5-2-6-11-22)13-7-12-24-15-17-28(34)32(24)19-21-8-3-1-4-9-21/h1-6,8-11,14,16,18,24H,7,12-13,15,17,19-20H2. The van der Waals surface area contributed by atoms with Crippen LogP contribution >= 0.6 is 11.6 Å². The molecule has 3 aromatic carbocycles. The first-order valence-corrected chi connectivity index (χ1v) is 12.5. The summed E-state index contributed by atoms with van der Waals surface area (Å²) in [5, 5.41) is 1.14. The van der Waals surface area contributed by atoms with E-state index in [-0.39, 0.29) is 17.5 Å². The van der Waals surface area contributed by atoms with Crippen molar-refractivity contribution in [2.24, 2.45) is 0 Å². The third kappa shape index (κ3) is 5.30. The molecule has 1 aliphatic rings. The van der Waals surface area contributed by atoms with Crippen molar-refractivity contribution in [1.29, 1.82) is 0 Å². The minimum Gasteiger partial charge on any atom is -0.335 e. The summed E-state index contributed by atoms with van der Waals surface area (Å²) in [7, 11) is 0. The second-order valence-electron chi connectivity index (χ2n) is 9.16. The van der Waals surface area contributed by atoms with E-state index in [0.717, 1.165) is 36.2 Å². The van der Waals surface area contributed by atoms with Crippen molar-refractivity contribution in [2.45, 2.75) is 51.2 Å². The summed E-state index contributed by atoms with van der Waals surface area (Å²) in [4.78, 5) is 32.8. The molecule has 1 amide bonds. The topological polar surface area (TPSA) is 55.2 Å². The molecule has 0 aliphatic carbocycles. The highest BCUT2D eigenvalue weighted by atomic mass is 35.5. The molecule has 1 aliphatic heterocycles. The molecule has 2 heterocycles. The van der Waals surface area contributed by atoms with Crippen molar-refractivity contribution in [1.82, 2.24) is 14.5 Å². The van der Waals surface area contributed by atoms with Gasteiger partial charge >= 0.3 is 0 Å². The lowest BCUT2D eigenvalue weighted by atomic mass is 10.1. The van der Waals surface area contributed by atoms with Gasteiger partial charge in [0.05, 0.1) is 17.4 Å². The fourth-order valence-electron chi connectivity index (χ4n) is 4.95. The van der Waals surface area contributed by atoms with Crippen molar-refractivity contribution in [3.05, 3.63) is 111 Å². The molecule has 0 radical (unpaired) electrons. The SMILES string of the molecule is O=C1CCC(CCCc2nc3cc(Cl)ccc3c(=O)n2Cc2ccccc2)N1Cc1ccccc1. The Balaban J connectivity index is 1.36. The second kappa shape index (κ2) is 10.4. The number of hydrogen-bond acceptors (Lipinski definition) is 3. The molecule has 5 nitrogen and oxygen atoms in total. The van der Waals surface area contributed by atoms with E-state index in [0.29, 0.717) is 41.9 Å². The molecule has 1 saturated heterocycles. The van der Waals surface area contributed by atoms with Crippen LogP contribution in [0, 0.1) is 0 Å². The number of aryl methyl sites for hydroxylation is 1. The molecule has 1 fully saturated rings. The van der Waals surface area contributed by atoms with E-state index in [2.05, 4.69) is 12.1 Å². The lowest BCUT2D eigenvalue weighted by Gasteiger charge is -2.25.